The van der Waals surface area contributed by atoms with Crippen LogP contribution in [0.15, 0.2) is 0 Å². The number of carbonyl (C=O) groups excluding carboxylic acids is 1. The van der Waals surface area contributed by atoms with Gasteiger partial charge in [-0.3, -0.25) is 4.79 Å². The van der Waals surface area contributed by atoms with Gasteiger partial charge in [-0.15, -0.1) is 0 Å². The predicted molar refractivity (Wildman–Crippen MR) is 56.0 cm³/mol. The van der Waals surface area contributed by atoms with Crippen molar-refractivity contribution in [3.63, 3.8) is 0 Å². The van der Waals surface area contributed by atoms with Crippen molar-refractivity contribution >= 4 is 5.91 Å². The van der Waals surface area contributed by atoms with Crippen LogP contribution in [-0.2, 0) is 4.79 Å². The van der Waals surface area contributed by atoms with Gasteiger partial charge in [0.25, 0.3) is 0 Å². The van der Waals surface area contributed by atoms with Crippen molar-refractivity contribution in [2.75, 3.05) is 26.2 Å². The molecule has 0 atom stereocenters. The second kappa shape index (κ2) is 8.31. The van der Waals surface area contributed by atoms with Crippen molar-refractivity contribution in [2.45, 2.75) is 19.0 Å². The van der Waals surface area contributed by atoms with Gasteiger partial charge >= 0.3 is 6.18 Å². The number of carbonyl (C=O) groups is 1. The van der Waals surface area contributed by atoms with Crippen molar-refractivity contribution in [2.24, 2.45) is 0 Å². The molecule has 0 radical (unpaired) electrons. The topological polar surface area (TPSA) is 79.9 Å². The zero-order chi connectivity index (χ0) is 14.0. The molecule has 0 rings (SSSR count). The molecule has 1 amide bonds. The highest BCUT2D eigenvalue weighted by Gasteiger charge is 2.27. The number of rotatable bonds is 7. The zero-order valence-electron chi connectivity index (χ0n) is 9.63. The fourth-order valence-corrected chi connectivity index (χ4v) is 1.15. The second-order valence-corrected chi connectivity index (χ2v) is 3.42. The first-order chi connectivity index (χ1) is 8.40. The normalized spacial score (nSPS) is 10.5. The SMILES string of the molecule is N#CCCN(CCC#N)C(=O)CNCC(F)(F)F. The highest BCUT2D eigenvalue weighted by Crippen LogP contribution is 2.11. The molecular weight excluding hydrogens is 249 g/mol. The third-order valence-electron chi connectivity index (χ3n) is 1.94. The standard InChI is InChI=1S/C10H13F3N4O/c11-10(12,13)8-16-7-9(18)17(5-1-3-14)6-2-4-15/h16H,1-2,5-8H2. The van der Waals surface area contributed by atoms with Gasteiger partial charge in [-0.05, 0) is 0 Å². The summed E-state index contributed by atoms with van der Waals surface area (Å²) in [7, 11) is 0. The number of hydrogen-bond donors (Lipinski definition) is 1. The third kappa shape index (κ3) is 8.36. The quantitative estimate of drug-likeness (QED) is 0.735. The number of hydrogen-bond acceptors (Lipinski definition) is 4. The molecule has 0 unspecified atom stereocenters. The van der Waals surface area contributed by atoms with Crippen LogP contribution in [0.25, 0.3) is 0 Å². The van der Waals surface area contributed by atoms with Gasteiger partial charge in [0.1, 0.15) is 0 Å². The molecule has 0 spiro atoms. The minimum atomic E-state index is -4.37. The third-order valence-corrected chi connectivity index (χ3v) is 1.94. The smallest absolute Gasteiger partial charge is 0.340 e. The first-order valence-electron chi connectivity index (χ1n) is 5.20. The molecule has 1 N–H and O–H groups in total. The summed E-state index contributed by atoms with van der Waals surface area (Å²) >= 11 is 0. The van der Waals surface area contributed by atoms with Gasteiger partial charge in [0.15, 0.2) is 0 Å². The minimum absolute atomic E-state index is 0.0798. The van der Waals surface area contributed by atoms with Crippen molar-refractivity contribution in [3.05, 3.63) is 0 Å². The molecule has 0 aliphatic carbocycles. The van der Waals surface area contributed by atoms with Crippen molar-refractivity contribution in [1.29, 1.82) is 10.5 Å². The Kier molecular flexibility index (Phi) is 7.48. The number of nitrogens with zero attached hydrogens (tertiary/aromatic N) is 3. The Morgan fingerprint density at radius 2 is 1.67 bits per heavy atom. The first kappa shape index (κ1) is 16.2. The number of halogens is 3. The molecule has 0 fully saturated rings. The van der Waals surface area contributed by atoms with E-state index in [0.717, 1.165) is 0 Å². The number of nitriles is 2. The van der Waals surface area contributed by atoms with E-state index in [2.05, 4.69) is 0 Å². The van der Waals surface area contributed by atoms with Gasteiger partial charge in [-0.2, -0.15) is 23.7 Å². The Morgan fingerprint density at radius 1 is 1.17 bits per heavy atom. The number of nitrogens with one attached hydrogen (secondary N) is 1. The highest BCUT2D eigenvalue weighted by molar-refractivity contribution is 5.78. The fraction of sp³-hybridized carbons (Fsp3) is 0.700. The molecule has 0 saturated heterocycles. The molecule has 0 aliphatic rings. The summed E-state index contributed by atoms with van der Waals surface area (Å²) in [5.74, 6) is -0.551. The lowest BCUT2D eigenvalue weighted by Crippen LogP contribution is -2.41. The van der Waals surface area contributed by atoms with E-state index in [1.165, 1.54) is 4.90 Å². The van der Waals surface area contributed by atoms with Crippen LogP contribution in [0.3, 0.4) is 0 Å². The molecule has 100 valence electrons. The molecule has 0 aliphatic heterocycles. The van der Waals surface area contributed by atoms with Gasteiger partial charge < -0.3 is 10.2 Å². The van der Waals surface area contributed by atoms with Crippen molar-refractivity contribution < 1.29 is 18.0 Å². The van der Waals surface area contributed by atoms with E-state index in [4.69, 9.17) is 10.5 Å². The van der Waals surface area contributed by atoms with Crippen LogP contribution in [0.2, 0.25) is 0 Å². The summed E-state index contributed by atoms with van der Waals surface area (Å²) in [5, 5.41) is 18.8. The van der Waals surface area contributed by atoms with Gasteiger partial charge in [0.05, 0.1) is 38.1 Å². The molecular formula is C10H13F3N4O. The van der Waals surface area contributed by atoms with Crippen LogP contribution in [0.5, 0.6) is 0 Å². The zero-order valence-corrected chi connectivity index (χ0v) is 9.63. The van der Waals surface area contributed by atoms with Crippen LogP contribution in [0.4, 0.5) is 13.2 Å². The van der Waals surface area contributed by atoms with E-state index in [-0.39, 0.29) is 25.9 Å². The van der Waals surface area contributed by atoms with Crippen LogP contribution in [0.1, 0.15) is 12.8 Å². The summed E-state index contributed by atoms with van der Waals surface area (Å²) in [6, 6.07) is 3.67. The maximum absolute atomic E-state index is 11.8. The maximum Gasteiger partial charge on any atom is 0.401 e. The summed E-state index contributed by atoms with van der Waals surface area (Å²) in [6.45, 7) is -1.48. The molecule has 5 nitrogen and oxygen atoms in total. The molecule has 0 bridgehead atoms. The van der Waals surface area contributed by atoms with Gasteiger partial charge in [-0.1, -0.05) is 0 Å². The molecule has 0 aromatic carbocycles. The van der Waals surface area contributed by atoms with E-state index in [0.29, 0.717) is 0 Å². The molecule has 8 heteroatoms. The minimum Gasteiger partial charge on any atom is -0.340 e. The Bertz CT molecular complexity index is 325. The Labute approximate surface area is 103 Å². The number of alkyl halides is 3. The van der Waals surface area contributed by atoms with Gasteiger partial charge in [0.2, 0.25) is 5.91 Å². The van der Waals surface area contributed by atoms with E-state index in [1.807, 2.05) is 17.5 Å². The maximum atomic E-state index is 11.8. The number of amides is 1. The summed E-state index contributed by atoms with van der Waals surface area (Å²) < 4.78 is 35.5. The molecule has 0 saturated carbocycles. The van der Waals surface area contributed by atoms with Crippen molar-refractivity contribution in [1.82, 2.24) is 10.2 Å². The van der Waals surface area contributed by atoms with Gasteiger partial charge in [-0.25, -0.2) is 0 Å². The summed E-state index contributed by atoms with van der Waals surface area (Å²) in [6.07, 6.45) is -4.21. The van der Waals surface area contributed by atoms with Crippen LogP contribution in [-0.4, -0.2) is 43.2 Å². The van der Waals surface area contributed by atoms with E-state index in [9.17, 15) is 18.0 Å². The highest BCUT2D eigenvalue weighted by atomic mass is 19.4. The van der Waals surface area contributed by atoms with E-state index >= 15 is 0 Å². The lowest BCUT2D eigenvalue weighted by Gasteiger charge is -2.20. The Balaban J connectivity index is 4.13. The lowest BCUT2D eigenvalue weighted by molar-refractivity contribution is -0.134. The monoisotopic (exact) mass is 262 g/mol. The largest absolute Gasteiger partial charge is 0.401 e. The molecule has 0 heterocycles. The fourth-order valence-electron chi connectivity index (χ4n) is 1.15. The molecule has 0 aromatic heterocycles. The van der Waals surface area contributed by atoms with Gasteiger partial charge in [0, 0.05) is 13.1 Å². The van der Waals surface area contributed by atoms with Crippen LogP contribution >= 0.6 is 0 Å². The van der Waals surface area contributed by atoms with E-state index in [1.54, 1.807) is 0 Å². The van der Waals surface area contributed by atoms with Crippen LogP contribution < -0.4 is 5.32 Å². The van der Waals surface area contributed by atoms with Crippen LogP contribution in [0, 0.1) is 22.7 Å². The predicted octanol–water partition coefficient (Wildman–Crippen LogP) is 0.794. The van der Waals surface area contributed by atoms with Crippen molar-refractivity contribution in [3.8, 4) is 12.1 Å². The van der Waals surface area contributed by atoms with E-state index < -0.39 is 25.2 Å². The lowest BCUT2D eigenvalue weighted by atomic mass is 10.3. The Morgan fingerprint density at radius 3 is 2.06 bits per heavy atom. The average Bonchev–Trinajstić information content (AvgIpc) is 2.27. The first-order valence-corrected chi connectivity index (χ1v) is 5.20. The average molecular weight is 262 g/mol. The molecule has 0 aromatic rings. The second-order valence-electron chi connectivity index (χ2n) is 3.42. The summed E-state index contributed by atoms with van der Waals surface area (Å²) in [5.41, 5.74) is 0. The summed E-state index contributed by atoms with van der Waals surface area (Å²) in [4.78, 5) is 12.7. The molecule has 18 heavy (non-hydrogen) atoms. The Hall–Kier alpha value is -1.80.